The van der Waals surface area contributed by atoms with Gasteiger partial charge in [0.1, 0.15) is 0 Å². The van der Waals surface area contributed by atoms with Gasteiger partial charge in [-0.05, 0) is 27.8 Å². The van der Waals surface area contributed by atoms with Crippen LogP contribution in [-0.4, -0.2) is 0 Å². The van der Waals surface area contributed by atoms with E-state index >= 15 is 0 Å². The van der Waals surface area contributed by atoms with Gasteiger partial charge in [-0.25, -0.2) is 0 Å². The van der Waals surface area contributed by atoms with Crippen LogP contribution in [-0.2, 0) is 5.41 Å². The van der Waals surface area contributed by atoms with Crippen LogP contribution < -0.4 is 0 Å². The number of benzene rings is 2. The molecular weight excluding hydrogens is 168 g/mol. The summed E-state index contributed by atoms with van der Waals surface area (Å²) >= 11 is 0. The fourth-order valence-electron chi connectivity index (χ4n) is 1.78. The van der Waals surface area contributed by atoms with Gasteiger partial charge in [0.15, 0.2) is 0 Å². The molecule has 0 saturated carbocycles. The molecule has 2 aromatic rings. The van der Waals surface area contributed by atoms with Crippen LogP contribution in [0.4, 0.5) is 0 Å². The molecule has 0 heteroatoms. The van der Waals surface area contributed by atoms with Crippen LogP contribution in [0.5, 0.6) is 0 Å². The first-order valence-corrected chi connectivity index (χ1v) is 4.99. The van der Waals surface area contributed by atoms with Crippen molar-refractivity contribution in [3.63, 3.8) is 0 Å². The van der Waals surface area contributed by atoms with Gasteiger partial charge in [-0.3, -0.25) is 0 Å². The Morgan fingerprint density at radius 3 is 2.43 bits per heavy atom. The number of rotatable bonds is 0. The Kier molecular flexibility index (Phi) is 2.07. The summed E-state index contributed by atoms with van der Waals surface area (Å²) in [7, 11) is 0. The lowest BCUT2D eigenvalue weighted by atomic mass is 9.84. The highest BCUT2D eigenvalue weighted by atomic mass is 14.2. The molecule has 0 aliphatic heterocycles. The van der Waals surface area contributed by atoms with Crippen molar-refractivity contribution in [1.29, 1.82) is 0 Å². The highest BCUT2D eigenvalue weighted by Crippen LogP contribution is 2.28. The maximum Gasteiger partial charge on any atom is -0.0120 e. The average Bonchev–Trinajstić information content (AvgIpc) is 2.15. The molecule has 0 amide bonds. The van der Waals surface area contributed by atoms with Crippen LogP contribution in [0.25, 0.3) is 10.8 Å². The minimum absolute atomic E-state index is 0.168. The molecule has 0 N–H and O–H groups in total. The van der Waals surface area contributed by atoms with E-state index in [9.17, 15) is 0 Å². The lowest BCUT2D eigenvalue weighted by Gasteiger charge is -2.20. The van der Waals surface area contributed by atoms with Crippen LogP contribution in [0.15, 0.2) is 36.4 Å². The highest BCUT2D eigenvalue weighted by molar-refractivity contribution is 5.86. The highest BCUT2D eigenvalue weighted by Gasteiger charge is 2.15. The topological polar surface area (TPSA) is 0 Å². The molecular formula is C14H15. The van der Waals surface area contributed by atoms with Gasteiger partial charge in [-0.2, -0.15) is 0 Å². The van der Waals surface area contributed by atoms with Crippen molar-refractivity contribution >= 4 is 10.8 Å². The molecule has 0 aromatic heterocycles. The van der Waals surface area contributed by atoms with Crippen LogP contribution in [0.2, 0.25) is 0 Å². The second-order valence-electron chi connectivity index (χ2n) is 4.69. The molecule has 0 aliphatic rings. The Hall–Kier alpha value is -1.30. The molecule has 2 rings (SSSR count). The van der Waals surface area contributed by atoms with Crippen molar-refractivity contribution in [2.24, 2.45) is 0 Å². The normalized spacial score (nSPS) is 11.9. The summed E-state index contributed by atoms with van der Waals surface area (Å²) in [5.74, 6) is 0. The van der Waals surface area contributed by atoms with Crippen molar-refractivity contribution in [2.45, 2.75) is 26.2 Å². The minimum Gasteiger partial charge on any atom is -0.0616 e. The smallest absolute Gasteiger partial charge is 0.0120 e. The molecule has 0 saturated heterocycles. The molecule has 0 heterocycles. The zero-order chi connectivity index (χ0) is 10.2. The quantitative estimate of drug-likeness (QED) is 0.580. The maximum atomic E-state index is 3.35. The summed E-state index contributed by atoms with van der Waals surface area (Å²) in [6.07, 6.45) is 0. The summed E-state index contributed by atoms with van der Waals surface area (Å²) in [5, 5.41) is 2.62. The third kappa shape index (κ3) is 1.52. The molecule has 0 fully saturated rings. The monoisotopic (exact) mass is 183 g/mol. The van der Waals surface area contributed by atoms with E-state index in [1.54, 1.807) is 0 Å². The van der Waals surface area contributed by atoms with Gasteiger partial charge in [-0.1, -0.05) is 57.2 Å². The lowest BCUT2D eigenvalue weighted by molar-refractivity contribution is 0.595. The summed E-state index contributed by atoms with van der Waals surface area (Å²) in [5.41, 5.74) is 1.47. The van der Waals surface area contributed by atoms with E-state index in [4.69, 9.17) is 0 Å². The predicted molar refractivity (Wildman–Crippen MR) is 61.5 cm³/mol. The third-order valence-corrected chi connectivity index (χ3v) is 2.47. The Bertz CT molecular complexity index is 442. The van der Waals surface area contributed by atoms with Crippen molar-refractivity contribution in [1.82, 2.24) is 0 Å². The van der Waals surface area contributed by atoms with E-state index in [0.29, 0.717) is 0 Å². The van der Waals surface area contributed by atoms with Gasteiger partial charge in [0.2, 0.25) is 0 Å². The standard InChI is InChI=1S/C14H15/c1-14(2,3)13-10-6-8-11-7-4-5-9-12(11)13/h4-9H,1-3H3. The fourth-order valence-corrected chi connectivity index (χ4v) is 1.78. The predicted octanol–water partition coefficient (Wildman–Crippen LogP) is 3.94. The SMILES string of the molecule is CC(C)(C)c1[c]ccc2ccccc12. The molecule has 2 aromatic carbocycles. The van der Waals surface area contributed by atoms with E-state index in [0.717, 1.165) is 0 Å². The third-order valence-electron chi connectivity index (χ3n) is 2.47. The van der Waals surface area contributed by atoms with Crippen molar-refractivity contribution < 1.29 is 0 Å². The van der Waals surface area contributed by atoms with E-state index < -0.39 is 0 Å². The molecule has 0 aliphatic carbocycles. The average molecular weight is 183 g/mol. The van der Waals surface area contributed by atoms with Gasteiger partial charge in [-0.15, -0.1) is 0 Å². The van der Waals surface area contributed by atoms with E-state index in [1.165, 1.54) is 16.3 Å². The van der Waals surface area contributed by atoms with Crippen molar-refractivity contribution in [3.05, 3.63) is 48.0 Å². The zero-order valence-corrected chi connectivity index (χ0v) is 8.96. The second kappa shape index (κ2) is 3.13. The molecule has 0 atom stereocenters. The molecule has 0 unspecified atom stereocenters. The van der Waals surface area contributed by atoms with Crippen molar-refractivity contribution in [2.75, 3.05) is 0 Å². The Morgan fingerprint density at radius 2 is 1.71 bits per heavy atom. The molecule has 14 heavy (non-hydrogen) atoms. The molecule has 1 radical (unpaired) electrons. The van der Waals surface area contributed by atoms with Crippen molar-refractivity contribution in [3.8, 4) is 0 Å². The molecule has 0 bridgehead atoms. The fraction of sp³-hybridized carbons (Fsp3) is 0.286. The Balaban J connectivity index is 2.78. The summed E-state index contributed by atoms with van der Waals surface area (Å²) in [6, 6.07) is 16.0. The van der Waals surface area contributed by atoms with Gasteiger partial charge in [0, 0.05) is 0 Å². The van der Waals surface area contributed by atoms with Gasteiger partial charge in [0.25, 0.3) is 0 Å². The van der Waals surface area contributed by atoms with E-state index in [-0.39, 0.29) is 5.41 Å². The summed E-state index contributed by atoms with van der Waals surface area (Å²) < 4.78 is 0. The number of hydrogen-bond donors (Lipinski definition) is 0. The number of fused-ring (bicyclic) bond motifs is 1. The molecule has 0 nitrogen and oxygen atoms in total. The van der Waals surface area contributed by atoms with Gasteiger partial charge in [0.05, 0.1) is 0 Å². The Morgan fingerprint density at radius 1 is 1.00 bits per heavy atom. The Labute approximate surface area is 85.6 Å². The first kappa shape index (κ1) is 9.26. The maximum absolute atomic E-state index is 3.35. The van der Waals surface area contributed by atoms with E-state index in [1.807, 2.05) is 6.07 Å². The first-order valence-electron chi connectivity index (χ1n) is 4.99. The van der Waals surface area contributed by atoms with Crippen LogP contribution in [0, 0.1) is 6.07 Å². The van der Waals surface area contributed by atoms with Crippen LogP contribution >= 0.6 is 0 Å². The van der Waals surface area contributed by atoms with Gasteiger partial charge < -0.3 is 0 Å². The van der Waals surface area contributed by atoms with Crippen LogP contribution in [0.3, 0.4) is 0 Å². The lowest BCUT2D eigenvalue weighted by Crippen LogP contribution is -2.11. The van der Waals surface area contributed by atoms with E-state index in [2.05, 4.69) is 57.2 Å². The second-order valence-corrected chi connectivity index (χ2v) is 4.69. The summed E-state index contributed by atoms with van der Waals surface area (Å²) in [4.78, 5) is 0. The molecule has 0 spiro atoms. The zero-order valence-electron chi connectivity index (χ0n) is 8.96. The molecule has 71 valence electrons. The largest absolute Gasteiger partial charge is 0.0616 e. The minimum atomic E-state index is 0.168. The van der Waals surface area contributed by atoms with Gasteiger partial charge >= 0.3 is 0 Å². The van der Waals surface area contributed by atoms with Crippen LogP contribution in [0.1, 0.15) is 26.3 Å². The first-order chi connectivity index (χ1) is 6.59. The summed E-state index contributed by atoms with van der Waals surface area (Å²) in [6.45, 7) is 6.68. The number of hydrogen-bond acceptors (Lipinski definition) is 0.